The van der Waals surface area contributed by atoms with E-state index in [2.05, 4.69) is 4.98 Å². The minimum absolute atomic E-state index is 0.0431. The predicted octanol–water partition coefficient (Wildman–Crippen LogP) is 4.66. The van der Waals surface area contributed by atoms with E-state index in [0.717, 1.165) is 5.56 Å². The topological polar surface area (TPSA) is 62.7 Å². The second kappa shape index (κ2) is 6.07. The molecule has 3 rings (SSSR count). The van der Waals surface area contributed by atoms with Crippen LogP contribution in [0, 0.1) is 17.1 Å². The van der Waals surface area contributed by atoms with Crippen LogP contribution in [0.3, 0.4) is 0 Å². The third-order valence-electron chi connectivity index (χ3n) is 3.52. The van der Waals surface area contributed by atoms with E-state index >= 15 is 0 Å². The van der Waals surface area contributed by atoms with Crippen molar-refractivity contribution in [2.24, 2.45) is 0 Å². The molecule has 23 heavy (non-hydrogen) atoms. The molecular formula is C18H11ClFN3. The smallest absolute Gasteiger partial charge is 0.141 e. The largest absolute Gasteiger partial charge is 0.383 e. The Morgan fingerprint density at radius 3 is 2.43 bits per heavy atom. The van der Waals surface area contributed by atoms with Gasteiger partial charge in [-0.3, -0.25) is 0 Å². The molecule has 0 spiro atoms. The van der Waals surface area contributed by atoms with Gasteiger partial charge in [0.25, 0.3) is 0 Å². The lowest BCUT2D eigenvalue weighted by Crippen LogP contribution is -2.01. The number of nitrogens with zero attached hydrogens (tertiary/aromatic N) is 2. The number of nitriles is 1. The van der Waals surface area contributed by atoms with E-state index < -0.39 is 5.82 Å². The Labute approximate surface area is 137 Å². The number of rotatable bonds is 2. The van der Waals surface area contributed by atoms with E-state index in [9.17, 15) is 9.65 Å². The van der Waals surface area contributed by atoms with Gasteiger partial charge in [0.15, 0.2) is 0 Å². The Morgan fingerprint density at radius 1 is 1.04 bits per heavy atom. The first kappa shape index (κ1) is 15.0. The van der Waals surface area contributed by atoms with E-state index in [0.29, 0.717) is 11.1 Å². The highest BCUT2D eigenvalue weighted by atomic mass is 35.5. The molecule has 0 amide bonds. The zero-order chi connectivity index (χ0) is 16.4. The first-order valence-corrected chi connectivity index (χ1v) is 7.19. The lowest BCUT2D eigenvalue weighted by molar-refractivity contribution is 0.631. The number of pyridine rings is 1. The van der Waals surface area contributed by atoms with Crippen LogP contribution in [0.15, 0.2) is 54.7 Å². The summed E-state index contributed by atoms with van der Waals surface area (Å²) < 4.78 is 14.4. The van der Waals surface area contributed by atoms with Crippen LogP contribution < -0.4 is 5.73 Å². The molecule has 0 unspecified atom stereocenters. The highest BCUT2D eigenvalue weighted by Crippen LogP contribution is 2.40. The van der Waals surface area contributed by atoms with Gasteiger partial charge < -0.3 is 5.73 Å². The van der Waals surface area contributed by atoms with Gasteiger partial charge in [0.1, 0.15) is 23.3 Å². The predicted molar refractivity (Wildman–Crippen MR) is 89.2 cm³/mol. The molecule has 2 N–H and O–H groups in total. The molecule has 0 aliphatic carbocycles. The van der Waals surface area contributed by atoms with E-state index in [1.54, 1.807) is 6.07 Å². The van der Waals surface area contributed by atoms with E-state index in [4.69, 9.17) is 17.3 Å². The number of hydrogen-bond donors (Lipinski definition) is 1. The van der Waals surface area contributed by atoms with Crippen LogP contribution in [0.5, 0.6) is 0 Å². The summed E-state index contributed by atoms with van der Waals surface area (Å²) >= 11 is 6.19. The summed E-state index contributed by atoms with van der Waals surface area (Å²) in [4.78, 5) is 4.06. The summed E-state index contributed by atoms with van der Waals surface area (Å²) in [5.74, 6) is -0.474. The van der Waals surface area contributed by atoms with Crippen molar-refractivity contribution in [3.8, 4) is 28.3 Å². The van der Waals surface area contributed by atoms with Crippen molar-refractivity contribution in [2.75, 3.05) is 5.73 Å². The van der Waals surface area contributed by atoms with Crippen LogP contribution in [0.1, 0.15) is 5.56 Å². The quantitative estimate of drug-likeness (QED) is 0.746. The van der Waals surface area contributed by atoms with Crippen molar-refractivity contribution in [2.45, 2.75) is 0 Å². The molecule has 0 saturated carbocycles. The van der Waals surface area contributed by atoms with Crippen molar-refractivity contribution in [3.63, 3.8) is 0 Å². The fraction of sp³-hybridized carbons (Fsp3) is 0. The van der Waals surface area contributed by atoms with Gasteiger partial charge >= 0.3 is 0 Å². The fourth-order valence-electron chi connectivity index (χ4n) is 2.47. The minimum Gasteiger partial charge on any atom is -0.383 e. The maximum Gasteiger partial charge on any atom is 0.141 e. The first-order valence-electron chi connectivity index (χ1n) is 6.82. The molecule has 0 saturated heterocycles. The molecule has 0 bridgehead atoms. The van der Waals surface area contributed by atoms with E-state index in [1.165, 1.54) is 18.3 Å². The summed E-state index contributed by atoms with van der Waals surface area (Å²) in [7, 11) is 0. The minimum atomic E-state index is -0.517. The number of nitrogen functional groups attached to an aromatic ring is 1. The van der Waals surface area contributed by atoms with Gasteiger partial charge in [0, 0.05) is 22.9 Å². The number of nitrogens with two attached hydrogens (primary N) is 1. The Balaban J connectivity index is 2.43. The third-order valence-corrected chi connectivity index (χ3v) is 3.83. The van der Waals surface area contributed by atoms with Crippen LogP contribution >= 0.6 is 11.6 Å². The second-order valence-corrected chi connectivity index (χ2v) is 5.29. The average molecular weight is 324 g/mol. The fourth-order valence-corrected chi connectivity index (χ4v) is 2.73. The number of hydrogen-bond acceptors (Lipinski definition) is 3. The van der Waals surface area contributed by atoms with E-state index in [-0.39, 0.29) is 22.0 Å². The molecule has 0 atom stereocenters. The molecule has 5 heteroatoms. The van der Waals surface area contributed by atoms with Crippen molar-refractivity contribution in [1.82, 2.24) is 4.98 Å². The molecular weight excluding hydrogens is 313 g/mol. The van der Waals surface area contributed by atoms with E-state index in [1.807, 2.05) is 36.4 Å². The zero-order valence-corrected chi connectivity index (χ0v) is 12.7. The molecule has 0 fully saturated rings. The summed E-state index contributed by atoms with van der Waals surface area (Å²) in [6.45, 7) is 0. The Bertz CT molecular complexity index is 897. The van der Waals surface area contributed by atoms with Crippen LogP contribution in [-0.2, 0) is 0 Å². The number of aromatic nitrogens is 1. The Morgan fingerprint density at radius 2 is 1.78 bits per heavy atom. The van der Waals surface area contributed by atoms with Crippen molar-refractivity contribution >= 4 is 17.4 Å². The molecule has 1 aromatic heterocycles. The molecule has 0 aliphatic rings. The van der Waals surface area contributed by atoms with Crippen LogP contribution in [-0.4, -0.2) is 4.98 Å². The summed E-state index contributed by atoms with van der Waals surface area (Å²) in [5.41, 5.74) is 7.83. The molecule has 2 aromatic carbocycles. The normalized spacial score (nSPS) is 10.3. The monoisotopic (exact) mass is 323 g/mol. The van der Waals surface area contributed by atoms with Gasteiger partial charge in [0.05, 0.1) is 5.02 Å². The molecule has 3 nitrogen and oxygen atoms in total. The zero-order valence-electron chi connectivity index (χ0n) is 11.9. The Kier molecular flexibility index (Phi) is 3.96. The van der Waals surface area contributed by atoms with Crippen molar-refractivity contribution in [1.29, 1.82) is 5.26 Å². The summed E-state index contributed by atoms with van der Waals surface area (Å²) in [5, 5.41) is 9.69. The van der Waals surface area contributed by atoms with Gasteiger partial charge in [-0.15, -0.1) is 0 Å². The van der Waals surface area contributed by atoms with Crippen LogP contribution in [0.4, 0.5) is 10.2 Å². The van der Waals surface area contributed by atoms with Gasteiger partial charge in [-0.1, -0.05) is 48.0 Å². The van der Waals surface area contributed by atoms with Crippen LogP contribution in [0.2, 0.25) is 5.02 Å². The number of benzene rings is 2. The van der Waals surface area contributed by atoms with Gasteiger partial charge in [-0.25, -0.2) is 9.37 Å². The number of halogens is 2. The second-order valence-electron chi connectivity index (χ2n) is 4.88. The van der Waals surface area contributed by atoms with Gasteiger partial charge in [-0.05, 0) is 17.7 Å². The first-order chi connectivity index (χ1) is 11.1. The average Bonchev–Trinajstić information content (AvgIpc) is 2.56. The Hall–Kier alpha value is -2.90. The third kappa shape index (κ3) is 2.63. The standard InChI is InChI=1S/C18H11ClFN3/c19-14-7-4-8-15(20)17(14)16-12(9-21)18(22)23-10-13(16)11-5-2-1-3-6-11/h1-8,10H,(H2,22,23). The summed E-state index contributed by atoms with van der Waals surface area (Å²) in [6.07, 6.45) is 1.53. The van der Waals surface area contributed by atoms with Crippen LogP contribution in [0.25, 0.3) is 22.3 Å². The lowest BCUT2D eigenvalue weighted by atomic mass is 9.92. The highest BCUT2D eigenvalue weighted by molar-refractivity contribution is 6.33. The molecule has 1 heterocycles. The van der Waals surface area contributed by atoms with Crippen molar-refractivity contribution < 1.29 is 4.39 Å². The maximum atomic E-state index is 14.4. The van der Waals surface area contributed by atoms with Gasteiger partial charge in [0.2, 0.25) is 0 Å². The molecule has 3 aromatic rings. The SMILES string of the molecule is N#Cc1c(N)ncc(-c2ccccc2)c1-c1c(F)cccc1Cl. The van der Waals surface area contributed by atoms with Crippen molar-refractivity contribution in [3.05, 3.63) is 71.1 Å². The summed E-state index contributed by atoms with van der Waals surface area (Å²) in [6, 6.07) is 15.7. The lowest BCUT2D eigenvalue weighted by Gasteiger charge is -2.15. The molecule has 0 aliphatic heterocycles. The highest BCUT2D eigenvalue weighted by Gasteiger charge is 2.21. The molecule has 112 valence electrons. The molecule has 0 radical (unpaired) electrons. The maximum absolute atomic E-state index is 14.4. The number of anilines is 1. The van der Waals surface area contributed by atoms with Gasteiger partial charge in [-0.2, -0.15) is 5.26 Å².